The number of benzene rings is 2. The maximum Gasteiger partial charge on any atom is 0.452 e. The van der Waals surface area contributed by atoms with Crippen molar-refractivity contribution >= 4 is 16.7 Å². The quantitative estimate of drug-likeness (QED) is 0.605. The Morgan fingerprint density at radius 1 is 1.04 bits per heavy atom. The Hall–Kier alpha value is -3.20. The van der Waals surface area contributed by atoms with Gasteiger partial charge in [-0.1, -0.05) is 24.3 Å². The zero-order valence-corrected chi connectivity index (χ0v) is 13.1. The number of para-hydroxylation sites is 1. The van der Waals surface area contributed by atoms with Crippen molar-refractivity contribution in [2.45, 2.75) is 12.8 Å². The molecule has 0 amide bonds. The summed E-state index contributed by atoms with van der Waals surface area (Å²) < 4.78 is 46.6. The number of rotatable bonds is 3. The summed E-state index contributed by atoms with van der Waals surface area (Å²) in [4.78, 5) is 4.27. The molecule has 0 aliphatic rings. The molecule has 0 aliphatic heterocycles. The molecule has 0 radical (unpaired) electrons. The number of halogens is 3. The first-order chi connectivity index (χ1) is 12.5. The Morgan fingerprint density at radius 3 is 2.50 bits per heavy atom. The van der Waals surface area contributed by atoms with Crippen LogP contribution in [0.5, 0.6) is 11.6 Å². The molecule has 0 fully saturated rings. The topological polar surface area (TPSA) is 72.5 Å². The molecule has 0 spiro atoms. The van der Waals surface area contributed by atoms with Gasteiger partial charge in [-0.05, 0) is 29.8 Å². The fourth-order valence-electron chi connectivity index (χ4n) is 2.60. The van der Waals surface area contributed by atoms with E-state index < -0.39 is 12.0 Å². The van der Waals surface area contributed by atoms with Crippen molar-refractivity contribution in [2.75, 3.05) is 0 Å². The SMILES string of the molecule is OCc1ccc2nc(Oc3ccccc3)c3nnc(C(F)(F)F)n3c2c1. The van der Waals surface area contributed by atoms with Crippen LogP contribution in [-0.4, -0.2) is 24.7 Å². The molecule has 4 aromatic rings. The largest absolute Gasteiger partial charge is 0.452 e. The van der Waals surface area contributed by atoms with Gasteiger partial charge in [0.15, 0.2) is 0 Å². The van der Waals surface area contributed by atoms with E-state index in [2.05, 4.69) is 15.2 Å². The van der Waals surface area contributed by atoms with E-state index in [1.807, 2.05) is 0 Å². The lowest BCUT2D eigenvalue weighted by Crippen LogP contribution is -2.12. The van der Waals surface area contributed by atoms with Gasteiger partial charge in [-0.3, -0.25) is 4.40 Å². The second-order valence-corrected chi connectivity index (χ2v) is 5.49. The van der Waals surface area contributed by atoms with Gasteiger partial charge in [0.25, 0.3) is 5.88 Å². The number of aliphatic hydroxyl groups excluding tert-OH is 1. The fourth-order valence-corrected chi connectivity index (χ4v) is 2.60. The van der Waals surface area contributed by atoms with Gasteiger partial charge in [0.05, 0.1) is 17.6 Å². The van der Waals surface area contributed by atoms with Gasteiger partial charge in [-0.15, -0.1) is 10.2 Å². The van der Waals surface area contributed by atoms with Crippen LogP contribution in [0.4, 0.5) is 13.2 Å². The smallest absolute Gasteiger partial charge is 0.436 e. The van der Waals surface area contributed by atoms with Crippen LogP contribution in [0, 0.1) is 0 Å². The fraction of sp³-hybridized carbons (Fsp3) is 0.118. The zero-order valence-electron chi connectivity index (χ0n) is 13.1. The summed E-state index contributed by atoms with van der Waals surface area (Å²) in [5.74, 6) is -0.874. The normalized spacial score (nSPS) is 12.0. The van der Waals surface area contributed by atoms with Crippen LogP contribution in [0.2, 0.25) is 0 Å². The molecule has 132 valence electrons. The highest BCUT2D eigenvalue weighted by molar-refractivity contribution is 5.80. The van der Waals surface area contributed by atoms with Gasteiger partial charge in [0, 0.05) is 0 Å². The number of nitrogens with zero attached hydrogens (tertiary/aromatic N) is 4. The third kappa shape index (κ3) is 2.72. The molecule has 0 saturated carbocycles. The van der Waals surface area contributed by atoms with E-state index in [1.165, 1.54) is 12.1 Å². The Labute approximate surface area is 144 Å². The van der Waals surface area contributed by atoms with Crippen molar-refractivity contribution in [1.29, 1.82) is 0 Å². The van der Waals surface area contributed by atoms with Gasteiger partial charge in [0.2, 0.25) is 11.5 Å². The van der Waals surface area contributed by atoms with E-state index in [-0.39, 0.29) is 29.2 Å². The molecule has 2 aromatic carbocycles. The molecule has 0 bridgehead atoms. The number of hydrogen-bond donors (Lipinski definition) is 1. The molecule has 0 atom stereocenters. The summed E-state index contributed by atoms with van der Waals surface area (Å²) >= 11 is 0. The molecule has 26 heavy (non-hydrogen) atoms. The lowest BCUT2D eigenvalue weighted by atomic mass is 10.2. The van der Waals surface area contributed by atoms with Crippen molar-refractivity contribution in [3.05, 3.63) is 59.9 Å². The Balaban J connectivity index is 2.02. The average Bonchev–Trinajstić information content (AvgIpc) is 3.08. The molecular weight excluding hydrogens is 349 g/mol. The van der Waals surface area contributed by atoms with Gasteiger partial charge >= 0.3 is 6.18 Å². The summed E-state index contributed by atoms with van der Waals surface area (Å²) in [6, 6.07) is 13.0. The van der Waals surface area contributed by atoms with E-state index in [1.54, 1.807) is 36.4 Å². The highest BCUT2D eigenvalue weighted by Crippen LogP contribution is 2.33. The summed E-state index contributed by atoms with van der Waals surface area (Å²) in [7, 11) is 0. The summed E-state index contributed by atoms with van der Waals surface area (Å²) in [5, 5.41) is 16.2. The van der Waals surface area contributed by atoms with Crippen LogP contribution >= 0.6 is 0 Å². The van der Waals surface area contributed by atoms with Crippen molar-refractivity contribution < 1.29 is 23.0 Å². The van der Waals surface area contributed by atoms with Crippen molar-refractivity contribution in [3.63, 3.8) is 0 Å². The van der Waals surface area contributed by atoms with Crippen LogP contribution in [0.1, 0.15) is 11.4 Å². The third-order valence-corrected chi connectivity index (χ3v) is 3.75. The molecule has 0 unspecified atom stereocenters. The Bertz CT molecular complexity index is 1090. The number of hydrogen-bond acceptors (Lipinski definition) is 5. The van der Waals surface area contributed by atoms with Crippen molar-refractivity contribution in [1.82, 2.24) is 19.6 Å². The molecule has 0 aliphatic carbocycles. The molecule has 9 heteroatoms. The van der Waals surface area contributed by atoms with Crippen LogP contribution < -0.4 is 4.74 Å². The van der Waals surface area contributed by atoms with Gasteiger partial charge < -0.3 is 9.84 Å². The molecule has 4 rings (SSSR count). The first-order valence-corrected chi connectivity index (χ1v) is 7.56. The molecule has 6 nitrogen and oxygen atoms in total. The van der Waals surface area contributed by atoms with Crippen molar-refractivity contribution in [3.8, 4) is 11.6 Å². The minimum absolute atomic E-state index is 0.0940. The number of aromatic nitrogens is 4. The van der Waals surface area contributed by atoms with Crippen LogP contribution in [0.15, 0.2) is 48.5 Å². The van der Waals surface area contributed by atoms with Gasteiger partial charge in [0.1, 0.15) is 5.75 Å². The first-order valence-electron chi connectivity index (χ1n) is 7.56. The average molecular weight is 360 g/mol. The van der Waals surface area contributed by atoms with Crippen LogP contribution in [-0.2, 0) is 12.8 Å². The minimum Gasteiger partial charge on any atom is -0.436 e. The predicted molar refractivity (Wildman–Crippen MR) is 85.7 cm³/mol. The molecular formula is C17H11F3N4O2. The third-order valence-electron chi connectivity index (χ3n) is 3.75. The number of ether oxygens (including phenoxy) is 1. The zero-order chi connectivity index (χ0) is 18.3. The molecule has 2 heterocycles. The molecule has 1 N–H and O–H groups in total. The lowest BCUT2D eigenvalue weighted by Gasteiger charge is -2.11. The monoisotopic (exact) mass is 360 g/mol. The van der Waals surface area contributed by atoms with Crippen LogP contribution in [0.3, 0.4) is 0 Å². The van der Waals surface area contributed by atoms with Gasteiger partial charge in [-0.25, -0.2) is 4.98 Å². The number of alkyl halides is 3. The van der Waals surface area contributed by atoms with E-state index in [0.717, 1.165) is 4.40 Å². The van der Waals surface area contributed by atoms with Gasteiger partial charge in [-0.2, -0.15) is 13.2 Å². The Morgan fingerprint density at radius 2 is 1.81 bits per heavy atom. The minimum atomic E-state index is -4.72. The first kappa shape index (κ1) is 16.3. The highest BCUT2D eigenvalue weighted by atomic mass is 19.4. The lowest BCUT2D eigenvalue weighted by molar-refractivity contribution is -0.145. The predicted octanol–water partition coefficient (Wildman–Crippen LogP) is 3.58. The maximum absolute atomic E-state index is 13.4. The standard InChI is InChI=1S/C17H11F3N4O2/c18-17(19,20)16-23-22-14-15(26-11-4-2-1-3-5-11)21-12-7-6-10(9-25)8-13(12)24(14)16/h1-8,25H,9H2. The number of fused-ring (bicyclic) bond motifs is 3. The highest BCUT2D eigenvalue weighted by Gasteiger charge is 2.38. The molecule has 0 saturated heterocycles. The summed E-state index contributed by atoms with van der Waals surface area (Å²) in [6.07, 6.45) is -4.72. The molecule has 2 aromatic heterocycles. The number of aliphatic hydroxyl groups is 1. The Kier molecular flexibility index (Phi) is 3.73. The summed E-state index contributed by atoms with van der Waals surface area (Å²) in [5.41, 5.74) is 0.665. The van der Waals surface area contributed by atoms with E-state index >= 15 is 0 Å². The second-order valence-electron chi connectivity index (χ2n) is 5.49. The van der Waals surface area contributed by atoms with Crippen LogP contribution in [0.25, 0.3) is 16.7 Å². The van der Waals surface area contributed by atoms with E-state index in [4.69, 9.17) is 4.74 Å². The summed E-state index contributed by atoms with van der Waals surface area (Å²) in [6.45, 7) is -0.316. The maximum atomic E-state index is 13.4. The van der Waals surface area contributed by atoms with Crippen molar-refractivity contribution in [2.24, 2.45) is 0 Å². The second kappa shape index (κ2) is 5.95. The van der Waals surface area contributed by atoms with E-state index in [9.17, 15) is 18.3 Å². The van der Waals surface area contributed by atoms with E-state index in [0.29, 0.717) is 11.3 Å².